The number of amides is 1. The van der Waals surface area contributed by atoms with Crippen LogP contribution in [0.15, 0.2) is 30.3 Å². The lowest BCUT2D eigenvalue weighted by atomic mass is 10.1. The minimum absolute atomic E-state index is 0.210. The summed E-state index contributed by atoms with van der Waals surface area (Å²) in [6.07, 6.45) is 0. The lowest BCUT2D eigenvalue weighted by Crippen LogP contribution is -2.22. The number of nitrogens with zero attached hydrogens (tertiary/aromatic N) is 4. The summed E-state index contributed by atoms with van der Waals surface area (Å²) in [6, 6.07) is 9.73. The summed E-state index contributed by atoms with van der Waals surface area (Å²) in [5.41, 5.74) is 5.96. The molecule has 148 valence electrons. The second-order valence-corrected chi connectivity index (χ2v) is 6.95. The molecular formula is C21H28N6O. The predicted octanol–water partition coefficient (Wildman–Crippen LogP) is 3.52. The fourth-order valence-electron chi connectivity index (χ4n) is 3.36. The van der Waals surface area contributed by atoms with E-state index in [9.17, 15) is 4.79 Å². The summed E-state index contributed by atoms with van der Waals surface area (Å²) in [5, 5.41) is 14.5. The zero-order valence-corrected chi connectivity index (χ0v) is 17.2. The summed E-state index contributed by atoms with van der Waals surface area (Å²) in [7, 11) is 1.90. The third-order valence-corrected chi connectivity index (χ3v) is 5.07. The first kappa shape index (κ1) is 19.8. The number of benzene rings is 1. The third kappa shape index (κ3) is 4.14. The number of aromatic nitrogens is 4. The molecule has 0 aliphatic heterocycles. The van der Waals surface area contributed by atoms with Crippen molar-refractivity contribution in [1.82, 2.24) is 24.9 Å². The highest BCUT2D eigenvalue weighted by atomic mass is 16.1. The van der Waals surface area contributed by atoms with Crippen LogP contribution >= 0.6 is 0 Å². The molecule has 2 aromatic heterocycles. The quantitative estimate of drug-likeness (QED) is 0.657. The van der Waals surface area contributed by atoms with Crippen molar-refractivity contribution in [2.24, 2.45) is 7.05 Å². The molecule has 28 heavy (non-hydrogen) atoms. The molecule has 7 nitrogen and oxygen atoms in total. The predicted molar refractivity (Wildman–Crippen MR) is 111 cm³/mol. The van der Waals surface area contributed by atoms with Crippen LogP contribution in [0.25, 0.3) is 11.3 Å². The largest absolute Gasteiger partial charge is 0.321 e. The van der Waals surface area contributed by atoms with Gasteiger partial charge in [-0.25, -0.2) is 0 Å². The van der Waals surface area contributed by atoms with Gasteiger partial charge in [0, 0.05) is 30.5 Å². The van der Waals surface area contributed by atoms with E-state index in [0.717, 1.165) is 48.0 Å². The van der Waals surface area contributed by atoms with Gasteiger partial charge in [0.05, 0.1) is 11.4 Å². The lowest BCUT2D eigenvalue weighted by molar-refractivity contribution is 0.102. The van der Waals surface area contributed by atoms with Crippen molar-refractivity contribution in [2.45, 2.75) is 34.2 Å². The Balaban J connectivity index is 1.75. The molecule has 0 saturated heterocycles. The van der Waals surface area contributed by atoms with Crippen molar-refractivity contribution in [1.29, 1.82) is 0 Å². The molecule has 1 amide bonds. The van der Waals surface area contributed by atoms with E-state index < -0.39 is 0 Å². The van der Waals surface area contributed by atoms with Crippen molar-refractivity contribution in [3.8, 4) is 11.3 Å². The minimum atomic E-state index is -0.210. The number of hydrogen-bond donors (Lipinski definition) is 2. The highest BCUT2D eigenvalue weighted by Crippen LogP contribution is 2.25. The molecule has 0 atom stereocenters. The van der Waals surface area contributed by atoms with Crippen LogP contribution in [-0.4, -0.2) is 43.9 Å². The minimum Gasteiger partial charge on any atom is -0.321 e. The first-order chi connectivity index (χ1) is 13.4. The Morgan fingerprint density at radius 3 is 2.61 bits per heavy atom. The van der Waals surface area contributed by atoms with Gasteiger partial charge < -0.3 is 5.32 Å². The monoisotopic (exact) mass is 380 g/mol. The number of carbonyl (C=O) groups excluding carboxylic acids is 1. The summed E-state index contributed by atoms with van der Waals surface area (Å²) < 4.78 is 1.82. The van der Waals surface area contributed by atoms with E-state index in [1.165, 1.54) is 5.56 Å². The number of H-pyrrole nitrogens is 1. The Bertz CT molecular complexity index is 967. The Labute approximate surface area is 165 Å². The zero-order chi connectivity index (χ0) is 20.3. The molecule has 0 unspecified atom stereocenters. The average molecular weight is 380 g/mol. The highest BCUT2D eigenvalue weighted by molar-refractivity contribution is 6.03. The molecule has 2 heterocycles. The van der Waals surface area contributed by atoms with Crippen LogP contribution < -0.4 is 5.32 Å². The number of hydrogen-bond acceptors (Lipinski definition) is 4. The van der Waals surface area contributed by atoms with E-state index in [1.54, 1.807) is 6.07 Å². The topological polar surface area (TPSA) is 78.8 Å². The van der Waals surface area contributed by atoms with Crippen LogP contribution in [0.2, 0.25) is 0 Å². The molecule has 7 heteroatoms. The van der Waals surface area contributed by atoms with Crippen LogP contribution in [0.5, 0.6) is 0 Å². The van der Waals surface area contributed by atoms with Gasteiger partial charge in [0.15, 0.2) is 0 Å². The van der Waals surface area contributed by atoms with E-state index in [0.29, 0.717) is 5.69 Å². The molecule has 0 radical (unpaired) electrons. The second-order valence-electron chi connectivity index (χ2n) is 6.95. The van der Waals surface area contributed by atoms with E-state index in [2.05, 4.69) is 45.4 Å². The van der Waals surface area contributed by atoms with Gasteiger partial charge in [0.25, 0.3) is 5.91 Å². The van der Waals surface area contributed by atoms with Crippen molar-refractivity contribution in [3.63, 3.8) is 0 Å². The highest BCUT2D eigenvalue weighted by Gasteiger charge is 2.17. The summed E-state index contributed by atoms with van der Waals surface area (Å²) in [6.45, 7) is 11.1. The molecule has 0 bridgehead atoms. The lowest BCUT2D eigenvalue weighted by Gasteiger charge is -2.18. The van der Waals surface area contributed by atoms with Crippen LogP contribution in [0, 0.1) is 13.8 Å². The van der Waals surface area contributed by atoms with Gasteiger partial charge >= 0.3 is 0 Å². The molecule has 0 fully saturated rings. The van der Waals surface area contributed by atoms with E-state index >= 15 is 0 Å². The zero-order valence-electron chi connectivity index (χ0n) is 17.2. The van der Waals surface area contributed by atoms with Gasteiger partial charge in [-0.2, -0.15) is 10.2 Å². The molecule has 1 aromatic carbocycles. The Hall–Kier alpha value is -2.93. The first-order valence-corrected chi connectivity index (χ1v) is 9.61. The molecule has 3 aromatic rings. The summed E-state index contributed by atoms with van der Waals surface area (Å²) in [4.78, 5) is 15.0. The van der Waals surface area contributed by atoms with Gasteiger partial charge in [-0.3, -0.25) is 19.5 Å². The number of anilines is 1. The van der Waals surface area contributed by atoms with Crippen LogP contribution in [-0.2, 0) is 13.6 Å². The molecule has 3 rings (SSSR count). The molecule has 2 N–H and O–H groups in total. The van der Waals surface area contributed by atoms with Crippen molar-refractivity contribution in [3.05, 3.63) is 53.0 Å². The van der Waals surface area contributed by atoms with E-state index in [4.69, 9.17) is 0 Å². The van der Waals surface area contributed by atoms with Crippen molar-refractivity contribution >= 4 is 11.6 Å². The Morgan fingerprint density at radius 2 is 1.96 bits per heavy atom. The maximum atomic E-state index is 12.7. The normalized spacial score (nSPS) is 11.2. The maximum absolute atomic E-state index is 12.7. The van der Waals surface area contributed by atoms with E-state index in [-0.39, 0.29) is 5.91 Å². The van der Waals surface area contributed by atoms with Crippen LogP contribution in [0.1, 0.15) is 41.3 Å². The number of carbonyl (C=O) groups is 1. The number of rotatable bonds is 7. The third-order valence-electron chi connectivity index (χ3n) is 5.07. The maximum Gasteiger partial charge on any atom is 0.273 e. The molecular weight excluding hydrogens is 352 g/mol. The molecule has 0 saturated carbocycles. The van der Waals surface area contributed by atoms with Gasteiger partial charge in [-0.15, -0.1) is 0 Å². The van der Waals surface area contributed by atoms with Crippen LogP contribution in [0.4, 0.5) is 5.69 Å². The number of nitrogens with one attached hydrogen (secondary N) is 2. The Morgan fingerprint density at radius 1 is 1.21 bits per heavy atom. The summed E-state index contributed by atoms with van der Waals surface area (Å²) >= 11 is 0. The smallest absolute Gasteiger partial charge is 0.273 e. The summed E-state index contributed by atoms with van der Waals surface area (Å²) in [5.74, 6) is -0.210. The first-order valence-electron chi connectivity index (χ1n) is 9.61. The standard InChI is InChI=1S/C21H28N6O/c1-6-27(7-2)13-16-9-8-10-17(11-16)22-21(28)19-12-18(23-24-19)20-14(3)25-26(5)15(20)4/h8-12H,6-7,13H2,1-5H3,(H,22,28)(H,23,24). The molecule has 0 aliphatic rings. The number of aryl methyl sites for hydroxylation is 2. The molecule has 0 aliphatic carbocycles. The van der Waals surface area contributed by atoms with Gasteiger partial charge in [-0.05, 0) is 50.7 Å². The van der Waals surface area contributed by atoms with E-state index in [1.807, 2.05) is 43.8 Å². The van der Waals surface area contributed by atoms with Gasteiger partial charge in [0.2, 0.25) is 0 Å². The van der Waals surface area contributed by atoms with Gasteiger partial charge in [0.1, 0.15) is 5.69 Å². The fraction of sp³-hybridized carbons (Fsp3) is 0.381. The van der Waals surface area contributed by atoms with Crippen molar-refractivity contribution in [2.75, 3.05) is 18.4 Å². The Kier molecular flexibility index (Phi) is 5.94. The van der Waals surface area contributed by atoms with Crippen molar-refractivity contribution < 1.29 is 4.79 Å². The second kappa shape index (κ2) is 8.39. The fourth-order valence-corrected chi connectivity index (χ4v) is 3.36. The average Bonchev–Trinajstić information content (AvgIpc) is 3.25. The van der Waals surface area contributed by atoms with Gasteiger partial charge in [-0.1, -0.05) is 26.0 Å². The number of aromatic amines is 1. The molecule has 0 spiro atoms. The SMILES string of the molecule is CCN(CC)Cc1cccc(NC(=O)c2cc(-c3c(C)nn(C)c3C)n[nH]2)c1. The van der Waals surface area contributed by atoms with Crippen LogP contribution in [0.3, 0.4) is 0 Å².